The predicted molar refractivity (Wildman–Crippen MR) is 99.2 cm³/mol. The summed E-state index contributed by atoms with van der Waals surface area (Å²) in [5, 5.41) is 14.0. The van der Waals surface area contributed by atoms with Gasteiger partial charge in [-0.2, -0.15) is 0 Å². The van der Waals surface area contributed by atoms with Crippen molar-refractivity contribution < 1.29 is 4.79 Å². The standard InChI is InChI=1S/C17H16N4OS2/c1-11(2)12-3-5-13(6-4-12)16-20-21-17(24-16)19-15(22)8-7-14-9-23-10-18-14/h3-11H,1-2H3,(H,19,21,22)/b8-7+. The van der Waals surface area contributed by atoms with Gasteiger partial charge in [0.15, 0.2) is 0 Å². The fraction of sp³-hybridized carbons (Fsp3) is 0.176. The summed E-state index contributed by atoms with van der Waals surface area (Å²) in [6.07, 6.45) is 3.10. The molecule has 3 aromatic rings. The fourth-order valence-electron chi connectivity index (χ4n) is 2.01. The molecule has 2 heterocycles. The Kier molecular flexibility index (Phi) is 5.12. The summed E-state index contributed by atoms with van der Waals surface area (Å²) in [6.45, 7) is 4.32. The van der Waals surface area contributed by atoms with Crippen molar-refractivity contribution in [1.82, 2.24) is 15.2 Å². The Morgan fingerprint density at radius 2 is 2.00 bits per heavy atom. The number of nitrogens with zero attached hydrogens (tertiary/aromatic N) is 3. The smallest absolute Gasteiger partial charge is 0.250 e. The van der Waals surface area contributed by atoms with E-state index in [1.165, 1.54) is 34.3 Å². The maximum atomic E-state index is 11.9. The van der Waals surface area contributed by atoms with Crippen molar-refractivity contribution in [2.45, 2.75) is 19.8 Å². The van der Waals surface area contributed by atoms with E-state index in [-0.39, 0.29) is 5.91 Å². The van der Waals surface area contributed by atoms with E-state index < -0.39 is 0 Å². The first-order valence-corrected chi connectivity index (χ1v) is 9.19. The zero-order valence-electron chi connectivity index (χ0n) is 13.3. The Labute approximate surface area is 148 Å². The van der Waals surface area contributed by atoms with Crippen LogP contribution in [0, 0.1) is 0 Å². The highest BCUT2D eigenvalue weighted by atomic mass is 32.1. The van der Waals surface area contributed by atoms with Crippen LogP contribution in [0.4, 0.5) is 5.13 Å². The first kappa shape index (κ1) is 16.5. The van der Waals surface area contributed by atoms with E-state index in [2.05, 4.69) is 46.5 Å². The van der Waals surface area contributed by atoms with Crippen LogP contribution in [0.1, 0.15) is 31.0 Å². The highest BCUT2D eigenvalue weighted by Crippen LogP contribution is 2.27. The largest absolute Gasteiger partial charge is 0.297 e. The highest BCUT2D eigenvalue weighted by Gasteiger charge is 2.09. The molecule has 0 aliphatic carbocycles. The van der Waals surface area contributed by atoms with Crippen molar-refractivity contribution in [3.63, 3.8) is 0 Å². The normalized spacial score (nSPS) is 11.3. The fourth-order valence-corrected chi connectivity index (χ4v) is 3.29. The van der Waals surface area contributed by atoms with E-state index in [4.69, 9.17) is 0 Å². The summed E-state index contributed by atoms with van der Waals surface area (Å²) in [7, 11) is 0. The van der Waals surface area contributed by atoms with Crippen molar-refractivity contribution in [2.24, 2.45) is 0 Å². The molecule has 5 nitrogen and oxygen atoms in total. The molecule has 1 amide bonds. The Morgan fingerprint density at radius 3 is 2.67 bits per heavy atom. The number of anilines is 1. The van der Waals surface area contributed by atoms with Gasteiger partial charge in [-0.3, -0.25) is 10.1 Å². The number of amides is 1. The molecule has 1 N–H and O–H groups in total. The minimum atomic E-state index is -0.249. The third-order valence-corrected chi connectivity index (χ3v) is 4.83. The van der Waals surface area contributed by atoms with Crippen LogP contribution in [0.3, 0.4) is 0 Å². The number of rotatable bonds is 5. The molecule has 3 rings (SSSR count). The molecule has 0 saturated carbocycles. The average Bonchev–Trinajstić information content (AvgIpc) is 3.25. The summed E-state index contributed by atoms with van der Waals surface area (Å²) in [6, 6.07) is 8.25. The van der Waals surface area contributed by atoms with Crippen LogP contribution in [0.2, 0.25) is 0 Å². The molecule has 0 spiro atoms. The molecule has 0 fully saturated rings. The van der Waals surface area contributed by atoms with Gasteiger partial charge in [0.1, 0.15) is 5.01 Å². The zero-order valence-corrected chi connectivity index (χ0v) is 14.9. The Bertz CT molecular complexity index is 836. The Balaban J connectivity index is 1.65. The lowest BCUT2D eigenvalue weighted by Gasteiger charge is -2.04. The van der Waals surface area contributed by atoms with Crippen LogP contribution in [-0.4, -0.2) is 21.1 Å². The summed E-state index contributed by atoms with van der Waals surface area (Å²) in [4.78, 5) is 16.0. The molecule has 0 aliphatic rings. The number of nitrogens with one attached hydrogen (secondary N) is 1. The van der Waals surface area contributed by atoms with Gasteiger partial charge in [-0.15, -0.1) is 21.5 Å². The Hall–Kier alpha value is -2.38. The second-order valence-electron chi connectivity index (χ2n) is 5.42. The van der Waals surface area contributed by atoms with Gasteiger partial charge in [0, 0.05) is 17.0 Å². The topological polar surface area (TPSA) is 67.8 Å². The van der Waals surface area contributed by atoms with Crippen molar-refractivity contribution in [1.29, 1.82) is 0 Å². The molecular formula is C17H16N4OS2. The molecule has 122 valence electrons. The van der Waals surface area contributed by atoms with Gasteiger partial charge < -0.3 is 0 Å². The number of hydrogen-bond donors (Lipinski definition) is 1. The summed E-state index contributed by atoms with van der Waals surface area (Å²) in [5.74, 6) is 0.244. The van der Waals surface area contributed by atoms with E-state index in [9.17, 15) is 4.79 Å². The quantitative estimate of drug-likeness (QED) is 0.686. The van der Waals surface area contributed by atoms with Gasteiger partial charge in [0.05, 0.1) is 11.2 Å². The molecular weight excluding hydrogens is 340 g/mol. The van der Waals surface area contributed by atoms with E-state index in [0.29, 0.717) is 11.0 Å². The van der Waals surface area contributed by atoms with E-state index in [1.807, 2.05) is 17.5 Å². The number of benzene rings is 1. The molecule has 0 unspecified atom stereocenters. The number of aromatic nitrogens is 3. The Morgan fingerprint density at radius 1 is 1.21 bits per heavy atom. The summed E-state index contributed by atoms with van der Waals surface area (Å²) >= 11 is 2.83. The van der Waals surface area contributed by atoms with E-state index in [1.54, 1.807) is 11.6 Å². The van der Waals surface area contributed by atoms with Crippen molar-refractivity contribution in [3.8, 4) is 10.6 Å². The van der Waals surface area contributed by atoms with Crippen molar-refractivity contribution >= 4 is 39.8 Å². The molecule has 24 heavy (non-hydrogen) atoms. The third-order valence-electron chi connectivity index (χ3n) is 3.34. The first-order valence-electron chi connectivity index (χ1n) is 7.43. The molecule has 0 radical (unpaired) electrons. The lowest BCUT2D eigenvalue weighted by molar-refractivity contribution is -0.111. The first-order chi connectivity index (χ1) is 11.6. The van der Waals surface area contributed by atoms with E-state index in [0.717, 1.165) is 16.3 Å². The van der Waals surface area contributed by atoms with Crippen LogP contribution in [-0.2, 0) is 4.79 Å². The average molecular weight is 356 g/mol. The second-order valence-corrected chi connectivity index (χ2v) is 7.12. The van der Waals surface area contributed by atoms with Crippen LogP contribution in [0.5, 0.6) is 0 Å². The molecule has 0 atom stereocenters. The highest BCUT2D eigenvalue weighted by molar-refractivity contribution is 7.18. The number of thiazole rings is 1. The van der Waals surface area contributed by atoms with Crippen molar-refractivity contribution in [3.05, 3.63) is 52.5 Å². The number of carbonyl (C=O) groups is 1. The van der Waals surface area contributed by atoms with Gasteiger partial charge in [-0.25, -0.2) is 4.98 Å². The number of carbonyl (C=O) groups excluding carboxylic acids is 1. The van der Waals surface area contributed by atoms with Gasteiger partial charge in [-0.05, 0) is 17.6 Å². The number of hydrogen-bond acceptors (Lipinski definition) is 6. The zero-order chi connectivity index (χ0) is 16.9. The molecule has 0 bridgehead atoms. The van der Waals surface area contributed by atoms with Crippen LogP contribution in [0.15, 0.2) is 41.2 Å². The van der Waals surface area contributed by atoms with Crippen LogP contribution >= 0.6 is 22.7 Å². The van der Waals surface area contributed by atoms with Crippen LogP contribution < -0.4 is 5.32 Å². The monoisotopic (exact) mass is 356 g/mol. The summed E-state index contributed by atoms with van der Waals surface area (Å²) < 4.78 is 0. The summed E-state index contributed by atoms with van der Waals surface area (Å²) in [5.41, 5.74) is 4.76. The van der Waals surface area contributed by atoms with Gasteiger partial charge in [0.25, 0.3) is 0 Å². The lowest BCUT2D eigenvalue weighted by atomic mass is 10.0. The van der Waals surface area contributed by atoms with Crippen molar-refractivity contribution in [2.75, 3.05) is 5.32 Å². The minimum absolute atomic E-state index is 0.249. The van der Waals surface area contributed by atoms with Crippen LogP contribution in [0.25, 0.3) is 16.6 Å². The SMILES string of the molecule is CC(C)c1ccc(-c2nnc(NC(=O)/C=C/c3cscn3)s2)cc1. The predicted octanol–water partition coefficient (Wildman–Crippen LogP) is 4.44. The third kappa shape index (κ3) is 4.12. The molecule has 0 saturated heterocycles. The second kappa shape index (κ2) is 7.46. The van der Waals surface area contributed by atoms with Gasteiger partial charge >= 0.3 is 0 Å². The minimum Gasteiger partial charge on any atom is -0.297 e. The maximum Gasteiger partial charge on any atom is 0.250 e. The molecule has 2 aromatic heterocycles. The molecule has 7 heteroatoms. The maximum absolute atomic E-state index is 11.9. The van der Waals surface area contributed by atoms with E-state index >= 15 is 0 Å². The molecule has 1 aromatic carbocycles. The molecule has 0 aliphatic heterocycles. The lowest BCUT2D eigenvalue weighted by Crippen LogP contribution is -2.07. The van der Waals surface area contributed by atoms with Gasteiger partial charge in [0.2, 0.25) is 11.0 Å². The van der Waals surface area contributed by atoms with Gasteiger partial charge in [-0.1, -0.05) is 49.4 Å².